The molecule has 6 heteroatoms. The van der Waals surface area contributed by atoms with Gasteiger partial charge < -0.3 is 15.5 Å². The van der Waals surface area contributed by atoms with Crippen molar-refractivity contribution >= 4 is 17.7 Å². The smallest absolute Gasteiger partial charge is 0.253 e. The maximum Gasteiger partial charge on any atom is 0.253 e. The number of hydrogen-bond donors (Lipinski definition) is 2. The van der Waals surface area contributed by atoms with Crippen LogP contribution in [0.4, 0.5) is 0 Å². The summed E-state index contributed by atoms with van der Waals surface area (Å²) >= 11 is 0. The van der Waals surface area contributed by atoms with E-state index in [0.717, 1.165) is 17.5 Å². The van der Waals surface area contributed by atoms with Crippen LogP contribution in [0.25, 0.3) is 0 Å². The van der Waals surface area contributed by atoms with E-state index in [1.807, 2.05) is 68.1 Å². The van der Waals surface area contributed by atoms with Crippen LogP contribution in [0.3, 0.4) is 0 Å². The number of benzene rings is 2. The molecule has 0 aromatic heterocycles. The first kappa shape index (κ1) is 23.5. The van der Waals surface area contributed by atoms with Gasteiger partial charge in [0.15, 0.2) is 0 Å². The molecule has 0 radical (unpaired) electrons. The Kier molecular flexibility index (Phi) is 8.03. The zero-order chi connectivity index (χ0) is 23.1. The third-order valence-corrected chi connectivity index (χ3v) is 6.07. The van der Waals surface area contributed by atoms with Crippen LogP contribution in [-0.2, 0) is 4.79 Å². The van der Waals surface area contributed by atoms with Gasteiger partial charge in [-0.1, -0.05) is 42.8 Å². The van der Waals surface area contributed by atoms with Crippen LogP contribution < -0.4 is 10.6 Å². The first-order chi connectivity index (χ1) is 15.4. The molecule has 0 aliphatic carbocycles. The number of carbonyl (C=O) groups excluding carboxylic acids is 3. The van der Waals surface area contributed by atoms with E-state index in [-0.39, 0.29) is 23.6 Å². The van der Waals surface area contributed by atoms with Crippen molar-refractivity contribution in [2.45, 2.75) is 46.1 Å². The molecule has 2 aromatic rings. The third-order valence-electron chi connectivity index (χ3n) is 6.07. The van der Waals surface area contributed by atoms with Crippen LogP contribution in [0.5, 0.6) is 0 Å². The Morgan fingerprint density at radius 2 is 1.75 bits per heavy atom. The fraction of sp³-hybridized carbons (Fsp3) is 0.423. The maximum absolute atomic E-state index is 12.9. The summed E-state index contributed by atoms with van der Waals surface area (Å²) in [5.41, 5.74) is 3.19. The van der Waals surface area contributed by atoms with Gasteiger partial charge in [-0.05, 0) is 62.8 Å². The zero-order valence-electron chi connectivity index (χ0n) is 19.2. The van der Waals surface area contributed by atoms with Crippen LogP contribution in [0.15, 0.2) is 48.5 Å². The normalized spacial score (nSPS) is 15.2. The quantitative estimate of drug-likeness (QED) is 0.699. The molecule has 1 atom stereocenters. The monoisotopic (exact) mass is 435 g/mol. The van der Waals surface area contributed by atoms with Crippen LogP contribution in [0.1, 0.15) is 58.0 Å². The number of amides is 3. The number of nitrogens with one attached hydrogen (secondary N) is 2. The molecule has 2 N–H and O–H groups in total. The number of carbonyl (C=O) groups is 3. The summed E-state index contributed by atoms with van der Waals surface area (Å²) in [5.74, 6) is -0.403. The van der Waals surface area contributed by atoms with Crippen molar-refractivity contribution in [3.63, 3.8) is 0 Å². The average Bonchev–Trinajstić information content (AvgIpc) is 2.81. The predicted molar refractivity (Wildman–Crippen MR) is 126 cm³/mol. The topological polar surface area (TPSA) is 78.5 Å². The minimum absolute atomic E-state index is 0.0167. The van der Waals surface area contributed by atoms with Crippen molar-refractivity contribution in [1.82, 2.24) is 15.5 Å². The molecule has 1 heterocycles. The Morgan fingerprint density at radius 3 is 2.41 bits per heavy atom. The highest BCUT2D eigenvalue weighted by atomic mass is 16.2. The average molecular weight is 436 g/mol. The molecule has 1 saturated heterocycles. The molecule has 1 fully saturated rings. The molecule has 32 heavy (non-hydrogen) atoms. The Morgan fingerprint density at radius 1 is 1.03 bits per heavy atom. The molecule has 0 bridgehead atoms. The van der Waals surface area contributed by atoms with Gasteiger partial charge in [0.05, 0.1) is 0 Å². The van der Waals surface area contributed by atoms with Crippen molar-refractivity contribution in [3.8, 4) is 0 Å². The van der Waals surface area contributed by atoms with Crippen molar-refractivity contribution in [3.05, 3.63) is 70.8 Å². The highest BCUT2D eigenvalue weighted by Crippen LogP contribution is 2.23. The number of likely N-dealkylation sites (tertiary alicyclic amines) is 1. The largest absolute Gasteiger partial charge is 0.354 e. The molecular formula is C26H33N3O3. The van der Waals surface area contributed by atoms with Gasteiger partial charge in [0.2, 0.25) is 5.91 Å². The molecule has 1 unspecified atom stereocenters. The maximum atomic E-state index is 12.9. The summed E-state index contributed by atoms with van der Waals surface area (Å²) in [7, 11) is 0. The van der Waals surface area contributed by atoms with E-state index in [4.69, 9.17) is 0 Å². The van der Waals surface area contributed by atoms with Crippen LogP contribution >= 0.6 is 0 Å². The van der Waals surface area contributed by atoms with E-state index >= 15 is 0 Å². The SMILES string of the molecule is CCCNC(=O)C(NC(=O)c1ccccc1C)C1CCN(C(=O)c2cccc(C)c2)CC1. The van der Waals surface area contributed by atoms with Gasteiger partial charge >= 0.3 is 0 Å². The summed E-state index contributed by atoms with van der Waals surface area (Å²) in [6.45, 7) is 7.55. The van der Waals surface area contributed by atoms with Crippen LogP contribution in [-0.4, -0.2) is 48.3 Å². The Labute approximate surface area is 190 Å². The molecule has 2 aromatic carbocycles. The van der Waals surface area contributed by atoms with Gasteiger partial charge in [0.25, 0.3) is 11.8 Å². The summed E-state index contributed by atoms with van der Waals surface area (Å²) in [6.07, 6.45) is 2.15. The van der Waals surface area contributed by atoms with E-state index in [0.29, 0.717) is 43.6 Å². The third kappa shape index (κ3) is 5.75. The molecule has 1 aliphatic rings. The number of piperidine rings is 1. The lowest BCUT2D eigenvalue weighted by atomic mass is 9.88. The molecule has 6 nitrogen and oxygen atoms in total. The van der Waals surface area contributed by atoms with Gasteiger partial charge in [0.1, 0.15) is 6.04 Å². The standard InChI is InChI=1S/C26H33N3O3/c1-4-14-27-25(31)23(28-24(30)22-11-6-5-9-19(22)3)20-12-15-29(16-13-20)26(32)21-10-7-8-18(2)17-21/h5-11,17,20,23H,4,12-16H2,1-3H3,(H,27,31)(H,28,30). The minimum atomic E-state index is -0.620. The fourth-order valence-corrected chi connectivity index (χ4v) is 4.20. The van der Waals surface area contributed by atoms with Crippen molar-refractivity contribution in [1.29, 1.82) is 0 Å². The second-order valence-corrected chi connectivity index (χ2v) is 8.56. The van der Waals surface area contributed by atoms with Gasteiger partial charge in [-0.3, -0.25) is 14.4 Å². The summed E-state index contributed by atoms with van der Waals surface area (Å²) in [5, 5.41) is 5.91. The summed E-state index contributed by atoms with van der Waals surface area (Å²) in [6, 6.07) is 14.4. The Hall–Kier alpha value is -3.15. The summed E-state index contributed by atoms with van der Waals surface area (Å²) in [4.78, 5) is 40.6. The molecule has 1 aliphatic heterocycles. The second-order valence-electron chi connectivity index (χ2n) is 8.56. The number of rotatable bonds is 7. The summed E-state index contributed by atoms with van der Waals surface area (Å²) < 4.78 is 0. The Bertz CT molecular complexity index is 964. The van der Waals surface area contributed by atoms with E-state index in [9.17, 15) is 14.4 Å². The van der Waals surface area contributed by atoms with Crippen molar-refractivity contribution < 1.29 is 14.4 Å². The zero-order valence-corrected chi connectivity index (χ0v) is 19.2. The highest BCUT2D eigenvalue weighted by Gasteiger charge is 2.34. The molecule has 0 saturated carbocycles. The molecule has 0 spiro atoms. The fourth-order valence-electron chi connectivity index (χ4n) is 4.20. The highest BCUT2D eigenvalue weighted by molar-refractivity contribution is 5.98. The van der Waals surface area contributed by atoms with E-state index < -0.39 is 6.04 Å². The lowest BCUT2D eigenvalue weighted by Crippen LogP contribution is -2.54. The minimum Gasteiger partial charge on any atom is -0.354 e. The van der Waals surface area contributed by atoms with Gasteiger partial charge in [-0.25, -0.2) is 0 Å². The molecule has 170 valence electrons. The van der Waals surface area contributed by atoms with Gasteiger partial charge in [0, 0.05) is 30.8 Å². The van der Waals surface area contributed by atoms with E-state index in [1.54, 1.807) is 6.07 Å². The first-order valence-corrected chi connectivity index (χ1v) is 11.4. The van der Waals surface area contributed by atoms with Crippen molar-refractivity contribution in [2.24, 2.45) is 5.92 Å². The van der Waals surface area contributed by atoms with Crippen LogP contribution in [0.2, 0.25) is 0 Å². The number of nitrogens with zero attached hydrogens (tertiary/aromatic N) is 1. The van der Waals surface area contributed by atoms with Crippen LogP contribution in [0, 0.1) is 19.8 Å². The van der Waals surface area contributed by atoms with Crippen molar-refractivity contribution in [2.75, 3.05) is 19.6 Å². The molecule has 3 amide bonds. The second kappa shape index (κ2) is 10.9. The molecular weight excluding hydrogens is 402 g/mol. The van der Waals surface area contributed by atoms with E-state index in [1.165, 1.54) is 0 Å². The number of hydrogen-bond acceptors (Lipinski definition) is 3. The molecule has 3 rings (SSSR count). The number of aryl methyl sites for hydroxylation is 2. The predicted octanol–water partition coefficient (Wildman–Crippen LogP) is 3.48. The van der Waals surface area contributed by atoms with Gasteiger partial charge in [-0.2, -0.15) is 0 Å². The lowest BCUT2D eigenvalue weighted by Gasteiger charge is -2.36. The Balaban J connectivity index is 1.69. The van der Waals surface area contributed by atoms with Gasteiger partial charge in [-0.15, -0.1) is 0 Å². The van der Waals surface area contributed by atoms with E-state index in [2.05, 4.69) is 10.6 Å². The lowest BCUT2D eigenvalue weighted by molar-refractivity contribution is -0.124. The first-order valence-electron chi connectivity index (χ1n) is 11.4.